The zero-order chi connectivity index (χ0) is 27.5. The average molecular weight is 517 g/mol. The van der Waals surface area contributed by atoms with Gasteiger partial charge in [0.2, 0.25) is 0 Å². The van der Waals surface area contributed by atoms with E-state index in [4.69, 9.17) is 5.73 Å². The molecule has 3 N–H and O–H groups in total. The first-order valence-corrected chi connectivity index (χ1v) is 13.5. The number of para-hydroxylation sites is 1. The first kappa shape index (κ1) is 27.7. The smallest absolute Gasteiger partial charge is 0.146 e. The van der Waals surface area contributed by atoms with Crippen LogP contribution in [0, 0.1) is 19.7 Å². The Balaban J connectivity index is 0.000000193. The first-order chi connectivity index (χ1) is 19.0. The van der Waals surface area contributed by atoms with Crippen molar-refractivity contribution in [2.45, 2.75) is 39.5 Å². The van der Waals surface area contributed by atoms with E-state index < -0.39 is 0 Å². The number of aryl methyl sites for hydroxylation is 6. The lowest BCUT2D eigenvalue weighted by Gasteiger charge is -2.12. The molecule has 0 aromatic heterocycles. The maximum Gasteiger partial charge on any atom is 0.146 e. The van der Waals surface area contributed by atoms with Crippen molar-refractivity contribution < 1.29 is 4.39 Å². The van der Waals surface area contributed by atoms with Gasteiger partial charge in [-0.05, 0) is 97.2 Å². The third-order valence-corrected chi connectivity index (χ3v) is 6.88. The zero-order valence-corrected chi connectivity index (χ0v) is 22.8. The second-order valence-electron chi connectivity index (χ2n) is 9.92. The Morgan fingerprint density at radius 2 is 1.00 bits per heavy atom. The topological polar surface area (TPSA) is 38.0 Å². The largest absolute Gasteiger partial charge is 0.399 e. The van der Waals surface area contributed by atoms with Crippen LogP contribution in [0.1, 0.15) is 33.4 Å². The molecule has 0 saturated carbocycles. The van der Waals surface area contributed by atoms with Crippen LogP contribution in [0.3, 0.4) is 0 Å². The molecule has 0 bridgehead atoms. The maximum atomic E-state index is 13.8. The van der Waals surface area contributed by atoms with Crippen LogP contribution >= 0.6 is 0 Å². The highest BCUT2D eigenvalue weighted by Crippen LogP contribution is 2.24. The minimum absolute atomic E-state index is 0.235. The molecular formula is C36H37FN2. The molecule has 0 heterocycles. The molecule has 0 saturated heterocycles. The summed E-state index contributed by atoms with van der Waals surface area (Å²) in [5.74, 6) is -0.235. The van der Waals surface area contributed by atoms with Gasteiger partial charge in [-0.2, -0.15) is 0 Å². The Morgan fingerprint density at radius 3 is 1.56 bits per heavy atom. The Kier molecular flexibility index (Phi) is 9.91. The van der Waals surface area contributed by atoms with Crippen LogP contribution in [-0.2, 0) is 25.7 Å². The maximum absolute atomic E-state index is 13.8. The van der Waals surface area contributed by atoms with E-state index in [2.05, 4.69) is 90.2 Å². The average Bonchev–Trinajstić information content (AvgIpc) is 2.97. The summed E-state index contributed by atoms with van der Waals surface area (Å²) in [6.07, 6.45) is 4.09. The molecule has 0 fully saturated rings. The van der Waals surface area contributed by atoms with Gasteiger partial charge in [0.25, 0.3) is 0 Å². The molecule has 5 aromatic carbocycles. The van der Waals surface area contributed by atoms with Crippen molar-refractivity contribution in [3.63, 3.8) is 0 Å². The number of nitrogens with two attached hydrogens (primary N) is 1. The molecule has 5 aromatic rings. The highest BCUT2D eigenvalue weighted by molar-refractivity contribution is 5.64. The minimum Gasteiger partial charge on any atom is -0.399 e. The summed E-state index contributed by atoms with van der Waals surface area (Å²) in [5.41, 5.74) is 15.8. The molecule has 0 aliphatic carbocycles. The molecule has 0 unspecified atom stereocenters. The monoisotopic (exact) mass is 516 g/mol. The molecule has 0 atom stereocenters. The van der Waals surface area contributed by atoms with Crippen molar-refractivity contribution in [3.8, 4) is 0 Å². The van der Waals surface area contributed by atoms with Gasteiger partial charge in [-0.15, -0.1) is 0 Å². The van der Waals surface area contributed by atoms with Crippen molar-refractivity contribution >= 4 is 17.1 Å². The highest BCUT2D eigenvalue weighted by Gasteiger charge is 2.05. The summed E-state index contributed by atoms with van der Waals surface area (Å²) in [5, 5.41) is 3.20. The molecule has 0 amide bonds. The fourth-order valence-corrected chi connectivity index (χ4v) is 4.38. The van der Waals surface area contributed by atoms with E-state index >= 15 is 0 Å². The third-order valence-electron chi connectivity index (χ3n) is 6.88. The molecule has 0 radical (unpaired) electrons. The Labute approximate surface area is 232 Å². The summed E-state index contributed by atoms with van der Waals surface area (Å²) >= 11 is 0. The van der Waals surface area contributed by atoms with E-state index in [9.17, 15) is 4.39 Å². The molecule has 198 valence electrons. The predicted molar refractivity (Wildman–Crippen MR) is 164 cm³/mol. The van der Waals surface area contributed by atoms with Gasteiger partial charge in [-0.25, -0.2) is 4.39 Å². The van der Waals surface area contributed by atoms with E-state index in [0.717, 1.165) is 48.2 Å². The summed E-state index contributed by atoms with van der Waals surface area (Å²) in [6, 6.07) is 40.4. The van der Waals surface area contributed by atoms with E-state index in [1.807, 2.05) is 32.0 Å². The second kappa shape index (κ2) is 14.0. The number of halogens is 1. The number of benzene rings is 5. The summed E-state index contributed by atoms with van der Waals surface area (Å²) in [6.45, 7) is 4.07. The fourth-order valence-electron chi connectivity index (χ4n) is 4.38. The fraction of sp³-hybridized carbons (Fsp3) is 0.167. The van der Waals surface area contributed by atoms with Crippen LogP contribution in [0.5, 0.6) is 0 Å². The molecular weight excluding hydrogens is 479 g/mol. The standard InChI is InChI=1S/C21H20FN.C15H17N/c1-16-11-12-18(14-13-17-7-3-2-4-8-17)15-21(16)23-20-10-6-5-9-19(20)22;1-12-7-8-14(11-15(12)16)10-9-13-5-3-2-4-6-13/h2-12,15,23H,13-14H2,1H3;2-8,11H,9-10,16H2,1H3. The summed E-state index contributed by atoms with van der Waals surface area (Å²) < 4.78 is 13.8. The molecule has 0 aliphatic rings. The zero-order valence-electron chi connectivity index (χ0n) is 22.8. The van der Waals surface area contributed by atoms with Crippen LogP contribution in [0.15, 0.2) is 121 Å². The van der Waals surface area contributed by atoms with E-state index in [0.29, 0.717) is 5.69 Å². The van der Waals surface area contributed by atoms with Crippen molar-refractivity contribution in [1.82, 2.24) is 0 Å². The van der Waals surface area contributed by atoms with Gasteiger partial charge in [0.05, 0.1) is 5.69 Å². The second-order valence-corrected chi connectivity index (χ2v) is 9.92. The molecule has 5 rings (SSSR count). The molecule has 0 aliphatic heterocycles. The van der Waals surface area contributed by atoms with Gasteiger partial charge in [-0.3, -0.25) is 0 Å². The van der Waals surface area contributed by atoms with E-state index in [1.165, 1.54) is 28.3 Å². The Bertz CT molecular complexity index is 1460. The van der Waals surface area contributed by atoms with Crippen molar-refractivity contribution in [2.24, 2.45) is 0 Å². The number of hydrogen-bond donors (Lipinski definition) is 2. The van der Waals surface area contributed by atoms with Crippen LogP contribution in [-0.4, -0.2) is 0 Å². The Hall–Kier alpha value is -4.37. The first-order valence-electron chi connectivity index (χ1n) is 13.5. The van der Waals surface area contributed by atoms with Crippen molar-refractivity contribution in [1.29, 1.82) is 0 Å². The third kappa shape index (κ3) is 8.58. The van der Waals surface area contributed by atoms with Crippen LogP contribution in [0.4, 0.5) is 21.5 Å². The number of hydrogen-bond acceptors (Lipinski definition) is 2. The number of rotatable bonds is 8. The molecule has 3 heteroatoms. The van der Waals surface area contributed by atoms with Crippen LogP contribution in [0.2, 0.25) is 0 Å². The van der Waals surface area contributed by atoms with Crippen LogP contribution < -0.4 is 11.1 Å². The van der Waals surface area contributed by atoms with Gasteiger partial charge in [-0.1, -0.05) is 97.1 Å². The number of nitrogen functional groups attached to an aromatic ring is 1. The molecule has 2 nitrogen and oxygen atoms in total. The summed E-state index contributed by atoms with van der Waals surface area (Å²) in [4.78, 5) is 0. The Morgan fingerprint density at radius 1 is 0.513 bits per heavy atom. The van der Waals surface area contributed by atoms with Gasteiger partial charge in [0.15, 0.2) is 0 Å². The molecule has 39 heavy (non-hydrogen) atoms. The SMILES string of the molecule is Cc1ccc(CCc2ccccc2)cc1N.Cc1ccc(CCc2ccccc2)cc1Nc1ccccc1F. The normalized spacial score (nSPS) is 10.4. The predicted octanol–water partition coefficient (Wildman–Crippen LogP) is 9.03. The molecule has 0 spiro atoms. The van der Waals surface area contributed by atoms with Gasteiger partial charge in [0, 0.05) is 11.4 Å². The van der Waals surface area contributed by atoms with Gasteiger partial charge >= 0.3 is 0 Å². The quantitative estimate of drug-likeness (QED) is 0.202. The van der Waals surface area contributed by atoms with E-state index in [1.54, 1.807) is 12.1 Å². The van der Waals surface area contributed by atoms with Crippen molar-refractivity contribution in [2.75, 3.05) is 11.1 Å². The highest BCUT2D eigenvalue weighted by atomic mass is 19.1. The van der Waals surface area contributed by atoms with Gasteiger partial charge in [0.1, 0.15) is 5.82 Å². The van der Waals surface area contributed by atoms with Crippen LogP contribution in [0.25, 0.3) is 0 Å². The summed E-state index contributed by atoms with van der Waals surface area (Å²) in [7, 11) is 0. The number of anilines is 3. The van der Waals surface area contributed by atoms with Gasteiger partial charge < -0.3 is 11.1 Å². The lowest BCUT2D eigenvalue weighted by molar-refractivity contribution is 0.632. The minimum atomic E-state index is -0.235. The lowest BCUT2D eigenvalue weighted by Crippen LogP contribution is -1.98. The lowest BCUT2D eigenvalue weighted by atomic mass is 10.0. The van der Waals surface area contributed by atoms with Crippen molar-refractivity contribution in [3.05, 3.63) is 161 Å². The number of nitrogens with one attached hydrogen (secondary N) is 1. The van der Waals surface area contributed by atoms with E-state index in [-0.39, 0.29) is 5.82 Å².